The molecule has 4 aromatic rings. The van der Waals surface area contributed by atoms with Gasteiger partial charge in [0.2, 0.25) is 17.8 Å². The van der Waals surface area contributed by atoms with Crippen molar-refractivity contribution >= 4 is 51.9 Å². The van der Waals surface area contributed by atoms with Crippen molar-refractivity contribution in [2.24, 2.45) is 0 Å². The van der Waals surface area contributed by atoms with Gasteiger partial charge in [-0.3, -0.25) is 24.6 Å². The highest BCUT2D eigenvalue weighted by molar-refractivity contribution is 6.01. The van der Waals surface area contributed by atoms with Gasteiger partial charge >= 0.3 is 0 Å². The molecule has 3 aromatic heterocycles. The minimum atomic E-state index is -0.406. The average molecular weight is 679 g/mol. The van der Waals surface area contributed by atoms with Gasteiger partial charge in [-0.25, -0.2) is 9.97 Å². The largest absolute Gasteiger partial charge is 0.373 e. The molecule has 50 heavy (non-hydrogen) atoms. The monoisotopic (exact) mass is 678 g/mol. The van der Waals surface area contributed by atoms with Gasteiger partial charge in [0.15, 0.2) is 0 Å². The highest BCUT2D eigenvalue weighted by atomic mass is 16.2. The maximum Gasteiger partial charge on any atom is 0.270 e. The van der Waals surface area contributed by atoms with Crippen LogP contribution >= 0.6 is 0 Å². The van der Waals surface area contributed by atoms with Crippen LogP contribution in [0.4, 0.5) is 23.1 Å². The van der Waals surface area contributed by atoms with E-state index in [4.69, 9.17) is 9.97 Å². The molecule has 3 fully saturated rings. The van der Waals surface area contributed by atoms with E-state index in [0.717, 1.165) is 86.1 Å². The number of carbonyl (C=O) groups is 3. The van der Waals surface area contributed by atoms with Crippen LogP contribution < -0.4 is 20.9 Å². The van der Waals surface area contributed by atoms with E-state index < -0.39 is 6.04 Å². The first kappa shape index (κ1) is 33.5. The van der Waals surface area contributed by atoms with Crippen molar-refractivity contribution in [2.75, 3.05) is 49.8 Å². The maximum absolute atomic E-state index is 13.0. The third-order valence-electron chi connectivity index (χ3n) is 10.3. The molecule has 1 atom stereocenters. The minimum Gasteiger partial charge on any atom is -0.373 e. The van der Waals surface area contributed by atoms with Gasteiger partial charge in [0, 0.05) is 69.5 Å². The summed E-state index contributed by atoms with van der Waals surface area (Å²) in [5, 5.41) is 9.94. The molecule has 3 amide bonds. The molecule has 0 spiro atoms. The van der Waals surface area contributed by atoms with Gasteiger partial charge in [0.05, 0.1) is 11.9 Å². The maximum atomic E-state index is 13.0. The molecular formula is C37H46N10O3. The number of imide groups is 1. The van der Waals surface area contributed by atoms with Crippen LogP contribution in [0.3, 0.4) is 0 Å². The number of rotatable bonds is 10. The number of carbonyl (C=O) groups excluding carboxylic acids is 3. The van der Waals surface area contributed by atoms with Crippen LogP contribution in [0.25, 0.3) is 11.0 Å². The zero-order chi connectivity index (χ0) is 34.8. The van der Waals surface area contributed by atoms with Gasteiger partial charge in [-0.1, -0.05) is 31.0 Å². The number of piperidine rings is 2. The Kier molecular flexibility index (Phi) is 9.66. The Morgan fingerprint density at radius 2 is 1.74 bits per heavy atom. The van der Waals surface area contributed by atoms with Crippen LogP contribution in [0.5, 0.6) is 0 Å². The predicted octanol–water partition coefficient (Wildman–Crippen LogP) is 4.70. The zero-order valence-corrected chi connectivity index (χ0v) is 29.1. The zero-order valence-electron chi connectivity index (χ0n) is 29.1. The van der Waals surface area contributed by atoms with E-state index in [-0.39, 0.29) is 23.8 Å². The van der Waals surface area contributed by atoms with Crippen molar-refractivity contribution in [3.05, 3.63) is 66.1 Å². The number of benzene rings is 1. The molecule has 13 nitrogen and oxygen atoms in total. The van der Waals surface area contributed by atoms with Crippen LogP contribution in [0.1, 0.15) is 73.5 Å². The van der Waals surface area contributed by atoms with Crippen LogP contribution in [-0.2, 0) is 16.1 Å². The number of pyridine rings is 1. The quantitative estimate of drug-likeness (QED) is 0.202. The predicted molar refractivity (Wildman–Crippen MR) is 194 cm³/mol. The summed E-state index contributed by atoms with van der Waals surface area (Å²) in [4.78, 5) is 57.5. The Bertz CT molecular complexity index is 1860. The molecule has 3 N–H and O–H groups in total. The molecule has 1 unspecified atom stereocenters. The highest BCUT2D eigenvalue weighted by Gasteiger charge is 2.29. The van der Waals surface area contributed by atoms with Crippen LogP contribution in [-0.4, -0.2) is 93.4 Å². The molecule has 1 aromatic carbocycles. The Morgan fingerprint density at radius 3 is 2.46 bits per heavy atom. The summed E-state index contributed by atoms with van der Waals surface area (Å²) in [6.07, 6.45) is 11.0. The first-order valence-corrected chi connectivity index (χ1v) is 17.7. The van der Waals surface area contributed by atoms with Gasteiger partial charge < -0.3 is 25.0 Å². The molecule has 2 saturated heterocycles. The van der Waals surface area contributed by atoms with Crippen molar-refractivity contribution in [1.82, 2.24) is 34.6 Å². The van der Waals surface area contributed by atoms with Crippen molar-refractivity contribution in [3.8, 4) is 0 Å². The lowest BCUT2D eigenvalue weighted by molar-refractivity contribution is -0.133. The van der Waals surface area contributed by atoms with Crippen molar-refractivity contribution in [1.29, 1.82) is 0 Å². The van der Waals surface area contributed by atoms with E-state index in [2.05, 4.69) is 54.5 Å². The number of nitrogens with zero attached hydrogens (tertiary/aromatic N) is 7. The summed E-state index contributed by atoms with van der Waals surface area (Å²) in [5.74, 6) is 0.622. The Hall–Kier alpha value is -5.04. The highest BCUT2D eigenvalue weighted by Crippen LogP contribution is 2.35. The van der Waals surface area contributed by atoms with Crippen molar-refractivity contribution in [2.45, 2.75) is 76.0 Å². The number of hydrogen-bond acceptors (Lipinski definition) is 10. The topological polar surface area (TPSA) is 141 Å². The first-order valence-electron chi connectivity index (χ1n) is 17.7. The molecule has 1 aliphatic carbocycles. The number of para-hydroxylation sites is 1. The van der Waals surface area contributed by atoms with Crippen LogP contribution in [0.2, 0.25) is 0 Å². The van der Waals surface area contributed by atoms with E-state index in [1.807, 2.05) is 36.5 Å². The van der Waals surface area contributed by atoms with Gasteiger partial charge in [-0.05, 0) is 69.0 Å². The van der Waals surface area contributed by atoms with E-state index in [0.29, 0.717) is 36.3 Å². The number of nitrogens with one attached hydrogen (secondary N) is 3. The molecule has 7 rings (SSSR count). The molecule has 262 valence electrons. The van der Waals surface area contributed by atoms with Crippen LogP contribution in [0, 0.1) is 0 Å². The fraction of sp³-hybridized carbons (Fsp3) is 0.459. The van der Waals surface area contributed by atoms with E-state index >= 15 is 0 Å². The van der Waals surface area contributed by atoms with Crippen LogP contribution in [0.15, 0.2) is 54.9 Å². The number of fused-ring (bicyclic) bond motifs is 1. The number of hydrogen-bond donors (Lipinski definition) is 3. The average Bonchev–Trinajstić information content (AvgIpc) is 3.78. The first-order chi connectivity index (χ1) is 24.2. The van der Waals surface area contributed by atoms with Crippen molar-refractivity contribution < 1.29 is 14.4 Å². The summed E-state index contributed by atoms with van der Waals surface area (Å²) in [6.45, 7) is 2.60. The number of aromatic nitrogens is 4. The molecule has 13 heteroatoms. The summed E-state index contributed by atoms with van der Waals surface area (Å²) in [7, 11) is 5.72. The fourth-order valence-electron chi connectivity index (χ4n) is 7.54. The molecule has 1 saturated carbocycles. The Balaban J connectivity index is 0.961. The molecule has 3 aliphatic rings. The van der Waals surface area contributed by atoms with Gasteiger partial charge in [0.1, 0.15) is 23.2 Å². The smallest absolute Gasteiger partial charge is 0.270 e. The lowest BCUT2D eigenvalue weighted by atomic mass is 10.0. The van der Waals surface area contributed by atoms with Gasteiger partial charge in [-0.2, -0.15) is 4.98 Å². The lowest BCUT2D eigenvalue weighted by Crippen LogP contribution is -2.47. The Labute approximate surface area is 292 Å². The molecule has 5 heterocycles. The molecule has 0 radical (unpaired) electrons. The third kappa shape index (κ3) is 7.14. The summed E-state index contributed by atoms with van der Waals surface area (Å²) >= 11 is 0. The second kappa shape index (κ2) is 14.4. The minimum absolute atomic E-state index is 0.0259. The molecule has 2 aliphatic heterocycles. The lowest BCUT2D eigenvalue weighted by Gasteiger charge is -2.38. The molecular weight excluding hydrogens is 632 g/mol. The van der Waals surface area contributed by atoms with Gasteiger partial charge in [-0.15, -0.1) is 0 Å². The molecule has 0 bridgehead atoms. The second-order valence-electron chi connectivity index (χ2n) is 14.0. The fourth-order valence-corrected chi connectivity index (χ4v) is 7.54. The van der Waals surface area contributed by atoms with Crippen molar-refractivity contribution in [3.63, 3.8) is 0 Å². The third-order valence-corrected chi connectivity index (χ3v) is 10.3. The van der Waals surface area contributed by atoms with E-state index in [1.165, 1.54) is 0 Å². The Morgan fingerprint density at radius 1 is 0.960 bits per heavy atom. The van der Waals surface area contributed by atoms with Gasteiger partial charge in [0.25, 0.3) is 5.91 Å². The SMILES string of the molecule is CN(C)C(=O)c1cc2cnc(Nc3ccc(N4CCC(N(C)Cc5ccccc5NC5CCC(=O)NC5=O)CC4)cn3)nc2n1C1CCCC1. The standard InChI is InChI=1S/C37H46N10O3/c1-44(2)36(50)31-20-25-21-39-37(43-34(25)47(31)27-9-5-6-10-27)41-32-14-12-28(22-38-32)46-18-16-26(17-19-46)45(3)23-24-8-4-7-11-29(24)40-30-13-15-33(48)42-35(30)49/h4,7-8,11-12,14,20-22,26-27,30,40H,5-6,9-10,13,15-19,23H2,1-3H3,(H,42,48,49)(H,38,39,41,43). The summed E-state index contributed by atoms with van der Waals surface area (Å²) in [6, 6.07) is 14.3. The number of anilines is 4. The normalized spacial score (nSPS) is 18.9. The number of amides is 3. The van der Waals surface area contributed by atoms with E-state index in [1.54, 1.807) is 25.2 Å². The second-order valence-corrected chi connectivity index (χ2v) is 14.0. The summed E-state index contributed by atoms with van der Waals surface area (Å²) < 4.78 is 2.12. The van der Waals surface area contributed by atoms with E-state index in [9.17, 15) is 14.4 Å². The summed E-state index contributed by atoms with van der Waals surface area (Å²) in [5.41, 5.74) is 4.58.